The first-order valence-corrected chi connectivity index (χ1v) is 9.17. The number of likely N-dealkylation sites (N-methyl/N-ethyl adjacent to an activating group) is 1. The molecule has 0 aliphatic heterocycles. The molecule has 0 spiro atoms. The lowest BCUT2D eigenvalue weighted by Crippen LogP contribution is -2.39. The van der Waals surface area contributed by atoms with Crippen molar-refractivity contribution >= 4 is 34.0 Å². The zero-order valence-electron chi connectivity index (χ0n) is 12.7. The molecule has 2 aromatic rings. The number of hydrogen-bond acceptors (Lipinski definition) is 6. The van der Waals surface area contributed by atoms with Crippen molar-refractivity contribution in [3.8, 4) is 0 Å². The first-order chi connectivity index (χ1) is 10.6. The molecule has 0 aromatic carbocycles. The van der Waals surface area contributed by atoms with Crippen molar-refractivity contribution in [1.82, 2.24) is 20.0 Å². The Labute approximate surface area is 137 Å². The number of amides is 1. The van der Waals surface area contributed by atoms with Gasteiger partial charge in [-0.1, -0.05) is 6.92 Å². The average molecular weight is 340 g/mol. The Hall–Kier alpha value is -1.38. The lowest BCUT2D eigenvalue weighted by molar-refractivity contribution is -0.118. The van der Waals surface area contributed by atoms with Crippen LogP contribution in [0, 0.1) is 0 Å². The van der Waals surface area contributed by atoms with Gasteiger partial charge in [-0.2, -0.15) is 0 Å². The highest BCUT2D eigenvalue weighted by atomic mass is 32.2. The molecule has 2 heterocycles. The van der Waals surface area contributed by atoms with Gasteiger partial charge in [-0.15, -0.1) is 23.1 Å². The van der Waals surface area contributed by atoms with E-state index in [4.69, 9.17) is 0 Å². The molecule has 0 aliphatic carbocycles. The van der Waals surface area contributed by atoms with Gasteiger partial charge in [0.1, 0.15) is 0 Å². The lowest BCUT2D eigenvalue weighted by Gasteiger charge is -2.12. The van der Waals surface area contributed by atoms with Gasteiger partial charge in [0.2, 0.25) is 5.91 Å². The van der Waals surface area contributed by atoms with Crippen molar-refractivity contribution in [3.05, 3.63) is 33.7 Å². The first kappa shape index (κ1) is 17.0. The number of aromatic nitrogens is 2. The summed E-state index contributed by atoms with van der Waals surface area (Å²) in [6.07, 6.45) is 1.71. The van der Waals surface area contributed by atoms with Crippen molar-refractivity contribution in [2.75, 3.05) is 18.8 Å². The summed E-state index contributed by atoms with van der Waals surface area (Å²) in [6, 6.07) is 1.79. The number of carbonyl (C=O) groups excluding carboxylic acids is 1. The molecule has 0 saturated heterocycles. The zero-order chi connectivity index (χ0) is 15.9. The summed E-state index contributed by atoms with van der Waals surface area (Å²) in [5.74, 6) is 0.924. The van der Waals surface area contributed by atoms with E-state index in [1.54, 1.807) is 6.20 Å². The number of rotatable bonds is 8. The predicted octanol–water partition coefficient (Wildman–Crippen LogP) is 1.10. The second-order valence-electron chi connectivity index (χ2n) is 4.90. The summed E-state index contributed by atoms with van der Waals surface area (Å²) >= 11 is 2.89. The number of fused-ring (bicyclic) bond motifs is 1. The van der Waals surface area contributed by atoms with Gasteiger partial charge in [0.15, 0.2) is 4.96 Å². The van der Waals surface area contributed by atoms with E-state index in [0.29, 0.717) is 28.7 Å². The molecule has 0 saturated carbocycles. The van der Waals surface area contributed by atoms with Crippen molar-refractivity contribution < 1.29 is 4.79 Å². The Kier molecular flexibility index (Phi) is 6.41. The summed E-state index contributed by atoms with van der Waals surface area (Å²) in [7, 11) is 0. The van der Waals surface area contributed by atoms with Gasteiger partial charge in [0, 0.05) is 36.0 Å². The SMILES string of the molecule is CCN[C@H](C)CNC(=O)CSCc1cc(=O)n2ccsc2n1. The van der Waals surface area contributed by atoms with Crippen LogP contribution in [0.2, 0.25) is 0 Å². The summed E-state index contributed by atoms with van der Waals surface area (Å²) in [6.45, 7) is 5.57. The first-order valence-electron chi connectivity index (χ1n) is 7.13. The average Bonchev–Trinajstić information content (AvgIpc) is 2.94. The van der Waals surface area contributed by atoms with Gasteiger partial charge >= 0.3 is 0 Å². The maximum absolute atomic E-state index is 11.8. The van der Waals surface area contributed by atoms with E-state index < -0.39 is 0 Å². The fraction of sp³-hybridized carbons (Fsp3) is 0.500. The zero-order valence-corrected chi connectivity index (χ0v) is 14.3. The highest BCUT2D eigenvalue weighted by Gasteiger charge is 2.07. The molecule has 2 aromatic heterocycles. The van der Waals surface area contributed by atoms with E-state index >= 15 is 0 Å². The van der Waals surface area contributed by atoms with Crippen LogP contribution in [0.25, 0.3) is 4.96 Å². The van der Waals surface area contributed by atoms with Gasteiger partial charge in [-0.3, -0.25) is 14.0 Å². The van der Waals surface area contributed by atoms with E-state index in [-0.39, 0.29) is 17.5 Å². The van der Waals surface area contributed by atoms with Gasteiger partial charge in [-0.05, 0) is 13.5 Å². The summed E-state index contributed by atoms with van der Waals surface area (Å²) < 4.78 is 1.52. The van der Waals surface area contributed by atoms with Gasteiger partial charge in [0.05, 0.1) is 11.4 Å². The smallest absolute Gasteiger partial charge is 0.258 e. The highest BCUT2D eigenvalue weighted by Crippen LogP contribution is 2.12. The monoisotopic (exact) mass is 340 g/mol. The maximum atomic E-state index is 11.8. The van der Waals surface area contributed by atoms with Crippen LogP contribution < -0.4 is 16.2 Å². The van der Waals surface area contributed by atoms with E-state index in [9.17, 15) is 9.59 Å². The number of nitrogens with zero attached hydrogens (tertiary/aromatic N) is 2. The number of carbonyl (C=O) groups is 1. The minimum Gasteiger partial charge on any atom is -0.354 e. The van der Waals surface area contributed by atoms with Crippen LogP contribution in [0.1, 0.15) is 19.5 Å². The van der Waals surface area contributed by atoms with Crippen molar-refractivity contribution in [3.63, 3.8) is 0 Å². The normalized spacial score (nSPS) is 12.5. The second-order valence-corrected chi connectivity index (χ2v) is 6.76. The van der Waals surface area contributed by atoms with Gasteiger partial charge in [-0.25, -0.2) is 4.98 Å². The molecular weight excluding hydrogens is 320 g/mol. The Bertz CT molecular complexity index is 683. The largest absolute Gasteiger partial charge is 0.354 e. The summed E-state index contributed by atoms with van der Waals surface area (Å²) in [5, 5.41) is 7.95. The number of thiazole rings is 1. The van der Waals surface area contributed by atoms with Crippen LogP contribution in [0.15, 0.2) is 22.4 Å². The molecule has 22 heavy (non-hydrogen) atoms. The van der Waals surface area contributed by atoms with E-state index in [2.05, 4.69) is 15.6 Å². The molecule has 2 N–H and O–H groups in total. The molecule has 2 rings (SSSR count). The Morgan fingerprint density at radius 2 is 2.36 bits per heavy atom. The number of thioether (sulfide) groups is 1. The molecule has 0 aliphatic rings. The van der Waals surface area contributed by atoms with E-state index in [0.717, 1.165) is 6.54 Å². The molecule has 0 bridgehead atoms. The Morgan fingerprint density at radius 3 is 3.14 bits per heavy atom. The molecule has 8 heteroatoms. The van der Waals surface area contributed by atoms with Crippen LogP contribution >= 0.6 is 23.1 Å². The fourth-order valence-corrected chi connectivity index (χ4v) is 3.43. The predicted molar refractivity (Wildman–Crippen MR) is 91.6 cm³/mol. The minimum atomic E-state index is -0.0780. The lowest BCUT2D eigenvalue weighted by atomic mass is 10.3. The van der Waals surface area contributed by atoms with E-state index in [1.807, 2.05) is 19.2 Å². The molecule has 1 amide bonds. The third-order valence-electron chi connectivity index (χ3n) is 3.00. The van der Waals surface area contributed by atoms with Crippen molar-refractivity contribution in [2.45, 2.75) is 25.6 Å². The second kappa shape index (κ2) is 8.30. The van der Waals surface area contributed by atoms with Crippen LogP contribution in [0.5, 0.6) is 0 Å². The number of hydrogen-bond donors (Lipinski definition) is 2. The quantitative estimate of drug-likeness (QED) is 0.753. The van der Waals surface area contributed by atoms with Gasteiger partial charge in [0.25, 0.3) is 5.56 Å². The molecule has 6 nitrogen and oxygen atoms in total. The third kappa shape index (κ3) is 4.82. The van der Waals surface area contributed by atoms with Crippen LogP contribution in [-0.4, -0.2) is 40.2 Å². The topological polar surface area (TPSA) is 75.5 Å². The summed E-state index contributed by atoms with van der Waals surface area (Å²) in [5.41, 5.74) is 0.636. The third-order valence-corrected chi connectivity index (χ3v) is 4.72. The van der Waals surface area contributed by atoms with Crippen LogP contribution in [0.4, 0.5) is 0 Å². The number of nitrogens with one attached hydrogen (secondary N) is 2. The molecule has 0 fully saturated rings. The molecule has 0 radical (unpaired) electrons. The van der Waals surface area contributed by atoms with Crippen LogP contribution in [-0.2, 0) is 10.5 Å². The Balaban J connectivity index is 1.77. The molecular formula is C14H20N4O2S2. The minimum absolute atomic E-state index is 0.00340. The standard InChI is InChI=1S/C14H20N4O2S2/c1-3-15-10(2)7-16-12(19)9-21-8-11-6-13(20)18-4-5-22-14(18)17-11/h4-6,10,15H,3,7-9H2,1-2H3,(H,16,19)/t10-/m1/s1. The summed E-state index contributed by atoms with van der Waals surface area (Å²) in [4.78, 5) is 28.7. The molecule has 120 valence electrons. The maximum Gasteiger partial charge on any atom is 0.258 e. The van der Waals surface area contributed by atoms with Gasteiger partial charge < -0.3 is 10.6 Å². The fourth-order valence-electron chi connectivity index (χ4n) is 1.95. The van der Waals surface area contributed by atoms with Crippen molar-refractivity contribution in [2.24, 2.45) is 0 Å². The highest BCUT2D eigenvalue weighted by molar-refractivity contribution is 7.99. The van der Waals surface area contributed by atoms with E-state index in [1.165, 1.54) is 33.6 Å². The van der Waals surface area contributed by atoms with Crippen molar-refractivity contribution in [1.29, 1.82) is 0 Å². The Morgan fingerprint density at radius 1 is 1.55 bits per heavy atom. The molecule has 1 atom stereocenters. The molecule has 0 unspecified atom stereocenters. The van der Waals surface area contributed by atoms with Crippen LogP contribution in [0.3, 0.4) is 0 Å².